The molecule has 1 aliphatic carbocycles. The molecule has 4 heterocycles. The largest absolute Gasteiger partial charge is 0.433 e. The Kier molecular flexibility index (Phi) is 5.91. The number of hydrogen-bond donors (Lipinski definition) is 1. The van der Waals surface area contributed by atoms with Crippen LogP contribution in [-0.2, 0) is 18.9 Å². The Bertz CT molecular complexity index is 1290. The zero-order valence-electron chi connectivity index (χ0n) is 20.2. The molecular formula is C25H25F6N7. The number of nitrogens with one attached hydrogen (secondary N) is 1. The number of anilines is 4. The lowest BCUT2D eigenvalue weighted by Crippen LogP contribution is -2.48. The van der Waals surface area contributed by atoms with Gasteiger partial charge in [-0.3, -0.25) is 4.98 Å². The summed E-state index contributed by atoms with van der Waals surface area (Å²) in [5, 5.41) is 8.09. The summed E-state index contributed by atoms with van der Waals surface area (Å²) < 4.78 is 80.1. The van der Waals surface area contributed by atoms with E-state index in [9.17, 15) is 26.3 Å². The second-order valence-electron chi connectivity index (χ2n) is 10.1. The molecule has 3 aliphatic rings. The molecule has 2 aliphatic heterocycles. The van der Waals surface area contributed by atoms with Crippen LogP contribution in [0.2, 0.25) is 0 Å². The lowest BCUT2D eigenvalue weighted by Gasteiger charge is -2.39. The Morgan fingerprint density at radius 3 is 2.21 bits per heavy atom. The molecule has 0 radical (unpaired) electrons. The lowest BCUT2D eigenvalue weighted by atomic mass is 9.92. The number of fused-ring (bicyclic) bond motifs is 3. The number of rotatable bonds is 4. The highest BCUT2D eigenvalue weighted by Crippen LogP contribution is 2.41. The first kappa shape index (κ1) is 24.8. The summed E-state index contributed by atoms with van der Waals surface area (Å²) in [6, 6.07) is 7.82. The van der Waals surface area contributed by atoms with Crippen LogP contribution in [0.5, 0.6) is 0 Å². The minimum atomic E-state index is -4.49. The van der Waals surface area contributed by atoms with Crippen LogP contribution in [0, 0.1) is 11.8 Å². The van der Waals surface area contributed by atoms with Gasteiger partial charge in [-0.15, -0.1) is 5.10 Å². The number of benzene rings is 1. The third-order valence-electron chi connectivity index (χ3n) is 7.68. The predicted molar refractivity (Wildman–Crippen MR) is 128 cm³/mol. The van der Waals surface area contributed by atoms with E-state index in [1.165, 1.54) is 18.3 Å². The van der Waals surface area contributed by atoms with Crippen molar-refractivity contribution in [3.8, 4) is 0 Å². The predicted octanol–water partition coefficient (Wildman–Crippen LogP) is 5.58. The number of piperidine rings is 1. The Morgan fingerprint density at radius 2 is 1.55 bits per heavy atom. The van der Waals surface area contributed by atoms with Crippen molar-refractivity contribution in [3.05, 3.63) is 53.9 Å². The fraction of sp³-hybridized carbons (Fsp3) is 0.480. The van der Waals surface area contributed by atoms with Crippen molar-refractivity contribution in [1.82, 2.24) is 19.7 Å². The number of hydrogen-bond acceptors (Lipinski definition) is 6. The fourth-order valence-electron chi connectivity index (χ4n) is 5.89. The van der Waals surface area contributed by atoms with Gasteiger partial charge in [0.1, 0.15) is 5.69 Å². The highest BCUT2D eigenvalue weighted by atomic mass is 19.4. The van der Waals surface area contributed by atoms with Gasteiger partial charge in [-0.1, -0.05) is 0 Å². The van der Waals surface area contributed by atoms with Crippen molar-refractivity contribution in [2.24, 2.45) is 11.8 Å². The number of aromatic nitrogens is 4. The van der Waals surface area contributed by atoms with E-state index in [0.717, 1.165) is 37.5 Å². The Labute approximate surface area is 214 Å². The summed E-state index contributed by atoms with van der Waals surface area (Å²) in [5.41, 5.74) is -0.467. The van der Waals surface area contributed by atoms with E-state index in [1.807, 2.05) is 9.80 Å². The monoisotopic (exact) mass is 537 g/mol. The fourth-order valence-corrected chi connectivity index (χ4v) is 5.89. The van der Waals surface area contributed by atoms with Gasteiger partial charge in [0.2, 0.25) is 11.9 Å². The first-order valence-corrected chi connectivity index (χ1v) is 12.5. The van der Waals surface area contributed by atoms with Crippen LogP contribution >= 0.6 is 0 Å². The average Bonchev–Trinajstić information content (AvgIpc) is 3.38. The van der Waals surface area contributed by atoms with Gasteiger partial charge < -0.3 is 15.1 Å². The topological polar surface area (TPSA) is 62.1 Å². The van der Waals surface area contributed by atoms with E-state index in [-0.39, 0.29) is 17.9 Å². The van der Waals surface area contributed by atoms with Crippen molar-refractivity contribution in [3.63, 3.8) is 0 Å². The van der Waals surface area contributed by atoms with Gasteiger partial charge in [0.05, 0.1) is 5.56 Å². The Morgan fingerprint density at radius 1 is 0.842 bits per heavy atom. The molecule has 0 spiro atoms. The van der Waals surface area contributed by atoms with Crippen molar-refractivity contribution < 1.29 is 26.3 Å². The molecule has 1 aromatic carbocycles. The van der Waals surface area contributed by atoms with E-state index < -0.39 is 23.6 Å². The van der Waals surface area contributed by atoms with E-state index in [2.05, 4.69) is 20.4 Å². The summed E-state index contributed by atoms with van der Waals surface area (Å²) in [7, 11) is 0. The zero-order valence-corrected chi connectivity index (χ0v) is 20.2. The molecule has 38 heavy (non-hydrogen) atoms. The molecule has 3 atom stereocenters. The van der Waals surface area contributed by atoms with E-state index >= 15 is 0 Å². The standard InChI is InChI=1S/C25H25F6N7/c26-24(27,28)17-4-6-18(7-5-17)37-10-1-11-38-23(37)34-22(35-38)33-21-15-2-3-16(21)14-36(13-15)19-8-9-32-20(12-19)25(29,30)31/h4-9,12,15-16,21H,1-3,10-11,13-14H2,(H,33,35)/t15-,16?,21-/m0/s1. The SMILES string of the molecule is FC(F)(F)c1ccc(N2CCCn3nc(N[C@@H]4C5CC[C@H]4CN(c4ccnc(C(F)(F)F)c4)C5)nc32)cc1. The van der Waals surface area contributed by atoms with Crippen molar-refractivity contribution >= 4 is 23.3 Å². The van der Waals surface area contributed by atoms with Crippen LogP contribution in [-0.4, -0.2) is 45.4 Å². The Hall–Kier alpha value is -3.51. The van der Waals surface area contributed by atoms with E-state index in [1.54, 1.807) is 10.7 Å². The molecule has 3 aromatic rings. The van der Waals surface area contributed by atoms with Gasteiger partial charge in [0.15, 0.2) is 0 Å². The van der Waals surface area contributed by atoms with Gasteiger partial charge in [-0.25, -0.2) is 4.68 Å². The first-order chi connectivity index (χ1) is 18.1. The maximum atomic E-state index is 13.1. The highest BCUT2D eigenvalue weighted by molar-refractivity contribution is 5.60. The number of aryl methyl sites for hydroxylation is 1. The molecule has 1 N–H and O–H groups in total. The molecule has 2 aromatic heterocycles. The quantitative estimate of drug-likeness (QED) is 0.439. The molecule has 13 heteroatoms. The van der Waals surface area contributed by atoms with Crippen LogP contribution in [0.25, 0.3) is 0 Å². The molecule has 6 rings (SSSR count). The maximum absolute atomic E-state index is 13.1. The van der Waals surface area contributed by atoms with Crippen molar-refractivity contribution in [1.29, 1.82) is 0 Å². The molecule has 1 saturated carbocycles. The van der Waals surface area contributed by atoms with Gasteiger partial charge in [-0.05, 0) is 67.5 Å². The van der Waals surface area contributed by atoms with Crippen LogP contribution in [0.1, 0.15) is 30.5 Å². The first-order valence-electron chi connectivity index (χ1n) is 12.5. The van der Waals surface area contributed by atoms with Gasteiger partial charge in [0.25, 0.3) is 0 Å². The highest BCUT2D eigenvalue weighted by Gasteiger charge is 2.43. The molecule has 0 amide bonds. The van der Waals surface area contributed by atoms with Gasteiger partial charge in [0, 0.05) is 49.8 Å². The molecule has 7 nitrogen and oxygen atoms in total. The molecule has 2 bridgehead atoms. The molecule has 202 valence electrons. The van der Waals surface area contributed by atoms with E-state index in [4.69, 9.17) is 0 Å². The molecular weight excluding hydrogens is 512 g/mol. The van der Waals surface area contributed by atoms with Crippen molar-refractivity contribution in [2.75, 3.05) is 34.8 Å². The second kappa shape index (κ2) is 9.05. The molecule has 1 saturated heterocycles. The maximum Gasteiger partial charge on any atom is 0.433 e. The summed E-state index contributed by atoms with van der Waals surface area (Å²) >= 11 is 0. The second-order valence-corrected chi connectivity index (χ2v) is 10.1. The van der Waals surface area contributed by atoms with Crippen molar-refractivity contribution in [2.45, 2.75) is 44.2 Å². The van der Waals surface area contributed by atoms with Crippen LogP contribution in [0.3, 0.4) is 0 Å². The zero-order chi connectivity index (χ0) is 26.7. The third kappa shape index (κ3) is 4.62. The van der Waals surface area contributed by atoms with Crippen LogP contribution in [0.4, 0.5) is 49.6 Å². The lowest BCUT2D eigenvalue weighted by molar-refractivity contribution is -0.141. The Balaban J connectivity index is 1.17. The number of halogens is 6. The normalized spacial score (nSPS) is 23.5. The average molecular weight is 538 g/mol. The van der Waals surface area contributed by atoms with Crippen LogP contribution < -0.4 is 15.1 Å². The van der Waals surface area contributed by atoms with Crippen LogP contribution in [0.15, 0.2) is 42.6 Å². The summed E-state index contributed by atoms with van der Waals surface area (Å²) in [4.78, 5) is 12.0. The van der Waals surface area contributed by atoms with Gasteiger partial charge >= 0.3 is 12.4 Å². The molecule has 2 fully saturated rings. The van der Waals surface area contributed by atoms with Gasteiger partial charge in [-0.2, -0.15) is 31.3 Å². The minimum absolute atomic E-state index is 0.0825. The summed E-state index contributed by atoms with van der Waals surface area (Å²) in [6.07, 6.45) is -5.03. The number of nitrogens with zero attached hydrogens (tertiary/aromatic N) is 6. The van der Waals surface area contributed by atoms with E-state index in [0.29, 0.717) is 49.5 Å². The summed E-state index contributed by atoms with van der Waals surface area (Å²) in [5.74, 6) is 1.45. The molecule has 1 unspecified atom stereocenters. The third-order valence-corrected chi connectivity index (χ3v) is 7.68. The smallest absolute Gasteiger partial charge is 0.371 e. The minimum Gasteiger partial charge on any atom is -0.371 e. The number of pyridine rings is 1. The summed E-state index contributed by atoms with van der Waals surface area (Å²) in [6.45, 7) is 2.48. The number of alkyl halides is 6.